The number of aldehydes is 1. The molecule has 2 bridgehead atoms. The van der Waals surface area contributed by atoms with E-state index in [4.69, 9.17) is 4.74 Å². The van der Waals surface area contributed by atoms with Crippen LogP contribution in [0.3, 0.4) is 0 Å². The van der Waals surface area contributed by atoms with Crippen molar-refractivity contribution >= 4 is 6.29 Å². The third-order valence-electron chi connectivity index (χ3n) is 3.10. The lowest BCUT2D eigenvalue weighted by Crippen LogP contribution is -2.75. The van der Waals surface area contributed by atoms with Crippen LogP contribution in [0.4, 0.5) is 0 Å². The van der Waals surface area contributed by atoms with Gasteiger partial charge in [0.25, 0.3) is 0 Å². The van der Waals surface area contributed by atoms with E-state index in [-0.39, 0.29) is 12.8 Å². The molecule has 2 heterocycles. The Labute approximate surface area is 79.7 Å². The summed E-state index contributed by atoms with van der Waals surface area (Å²) in [7, 11) is 0. The van der Waals surface area contributed by atoms with Crippen LogP contribution >= 0.6 is 0 Å². The van der Waals surface area contributed by atoms with Crippen molar-refractivity contribution < 1.29 is 30.0 Å². The quantitative estimate of drug-likeness (QED) is 0.352. The lowest BCUT2D eigenvalue weighted by Gasteiger charge is -2.55. The largest absolute Gasteiger partial charge is 0.387 e. The van der Waals surface area contributed by atoms with Crippen LogP contribution in [-0.4, -0.2) is 56.4 Å². The minimum atomic E-state index is -1.92. The average molecular weight is 204 g/mol. The molecule has 6 nitrogen and oxygen atoms in total. The molecule has 4 N–H and O–H groups in total. The van der Waals surface area contributed by atoms with E-state index >= 15 is 0 Å². The predicted molar refractivity (Wildman–Crippen MR) is 42.1 cm³/mol. The molecular weight excluding hydrogens is 192 g/mol. The van der Waals surface area contributed by atoms with Gasteiger partial charge in [-0.2, -0.15) is 0 Å². The van der Waals surface area contributed by atoms with Gasteiger partial charge in [0.05, 0.1) is 0 Å². The lowest BCUT2D eigenvalue weighted by molar-refractivity contribution is -0.392. The molecule has 0 aromatic heterocycles. The molecule has 1 saturated carbocycles. The third kappa shape index (κ3) is 0.999. The number of rotatable bonds is 1. The van der Waals surface area contributed by atoms with Gasteiger partial charge in [0.2, 0.25) is 0 Å². The van der Waals surface area contributed by atoms with Crippen molar-refractivity contribution in [3.05, 3.63) is 0 Å². The summed E-state index contributed by atoms with van der Waals surface area (Å²) in [5.74, 6) is -1.92. The molecule has 3 fully saturated rings. The third-order valence-corrected chi connectivity index (χ3v) is 3.10. The highest BCUT2D eigenvalue weighted by Gasteiger charge is 2.65. The number of carbonyl (C=O) groups excluding carboxylic acids is 1. The molecule has 0 aromatic carbocycles. The number of hydrogen-bond donors (Lipinski definition) is 4. The van der Waals surface area contributed by atoms with Gasteiger partial charge in [-0.1, -0.05) is 0 Å². The average Bonchev–Trinajstić information content (AvgIpc) is 2.17. The fourth-order valence-corrected chi connectivity index (χ4v) is 2.10. The van der Waals surface area contributed by atoms with Crippen LogP contribution in [0.25, 0.3) is 0 Å². The molecule has 1 aliphatic carbocycles. The zero-order valence-electron chi connectivity index (χ0n) is 7.33. The van der Waals surface area contributed by atoms with Crippen LogP contribution in [0.1, 0.15) is 12.8 Å². The first-order valence-electron chi connectivity index (χ1n) is 4.38. The van der Waals surface area contributed by atoms with Crippen molar-refractivity contribution in [2.75, 3.05) is 0 Å². The Bertz CT molecular complexity index is 269. The maximum Gasteiger partial charge on any atom is 0.195 e. The van der Waals surface area contributed by atoms with Gasteiger partial charge in [0.15, 0.2) is 12.1 Å². The van der Waals surface area contributed by atoms with E-state index in [0.29, 0.717) is 6.29 Å². The Morgan fingerprint density at radius 1 is 1.21 bits per heavy atom. The molecular formula is C8H12O6. The van der Waals surface area contributed by atoms with E-state index in [1.54, 1.807) is 0 Å². The molecule has 5 atom stereocenters. The highest BCUT2D eigenvalue weighted by Crippen LogP contribution is 2.45. The van der Waals surface area contributed by atoms with Crippen LogP contribution in [0, 0.1) is 0 Å². The van der Waals surface area contributed by atoms with Crippen molar-refractivity contribution in [3.8, 4) is 0 Å². The second kappa shape index (κ2) is 2.74. The van der Waals surface area contributed by atoms with Crippen LogP contribution in [0.15, 0.2) is 0 Å². The van der Waals surface area contributed by atoms with Crippen molar-refractivity contribution in [2.24, 2.45) is 0 Å². The number of carbonyl (C=O) groups is 1. The van der Waals surface area contributed by atoms with Crippen LogP contribution < -0.4 is 0 Å². The van der Waals surface area contributed by atoms with Crippen LogP contribution in [0.5, 0.6) is 0 Å². The van der Waals surface area contributed by atoms with Gasteiger partial charge in [0, 0.05) is 6.42 Å². The molecule has 3 rings (SSSR count). The molecule has 0 aromatic rings. The molecule has 0 amide bonds. The SMILES string of the molecule is O=CC1OC2(O)CCC1(O)C(O)C2O. The van der Waals surface area contributed by atoms with Crippen molar-refractivity contribution in [1.82, 2.24) is 0 Å². The molecule has 0 spiro atoms. The topological polar surface area (TPSA) is 107 Å². The number of fused-ring (bicyclic) bond motifs is 3. The first kappa shape index (κ1) is 10.0. The molecule has 6 heteroatoms. The van der Waals surface area contributed by atoms with E-state index in [1.165, 1.54) is 0 Å². The van der Waals surface area contributed by atoms with E-state index in [0.717, 1.165) is 0 Å². The van der Waals surface area contributed by atoms with Crippen molar-refractivity contribution in [3.63, 3.8) is 0 Å². The normalized spacial score (nSPS) is 57.3. The highest BCUT2D eigenvalue weighted by atomic mass is 16.7. The second-order valence-corrected chi connectivity index (χ2v) is 3.90. The molecule has 2 aliphatic heterocycles. The maximum atomic E-state index is 10.6. The Kier molecular flexibility index (Phi) is 1.96. The molecule has 80 valence electrons. The van der Waals surface area contributed by atoms with E-state index in [9.17, 15) is 25.2 Å². The summed E-state index contributed by atoms with van der Waals surface area (Å²) in [5, 5.41) is 38.4. The van der Waals surface area contributed by atoms with Gasteiger partial charge in [-0.15, -0.1) is 0 Å². The zero-order valence-corrected chi connectivity index (χ0v) is 7.33. The number of aliphatic hydroxyl groups is 4. The molecule has 5 unspecified atom stereocenters. The van der Waals surface area contributed by atoms with Crippen LogP contribution in [-0.2, 0) is 9.53 Å². The summed E-state index contributed by atoms with van der Waals surface area (Å²) in [6, 6.07) is 0. The Morgan fingerprint density at radius 2 is 1.86 bits per heavy atom. The number of hydrogen-bond acceptors (Lipinski definition) is 6. The number of aliphatic hydroxyl groups excluding tert-OH is 2. The van der Waals surface area contributed by atoms with Gasteiger partial charge >= 0.3 is 0 Å². The predicted octanol–water partition coefficient (Wildman–Crippen LogP) is -2.48. The Balaban J connectivity index is 2.38. The monoisotopic (exact) mass is 204 g/mol. The zero-order chi connectivity index (χ0) is 10.6. The Hall–Kier alpha value is -0.530. The van der Waals surface area contributed by atoms with Gasteiger partial charge < -0.3 is 30.0 Å². The summed E-state index contributed by atoms with van der Waals surface area (Å²) in [6.07, 6.45) is -4.11. The summed E-state index contributed by atoms with van der Waals surface area (Å²) in [4.78, 5) is 10.6. The van der Waals surface area contributed by atoms with E-state index in [2.05, 4.69) is 0 Å². The van der Waals surface area contributed by atoms with E-state index < -0.39 is 29.7 Å². The fourth-order valence-electron chi connectivity index (χ4n) is 2.10. The van der Waals surface area contributed by atoms with Gasteiger partial charge in [-0.3, -0.25) is 0 Å². The highest BCUT2D eigenvalue weighted by molar-refractivity contribution is 5.60. The van der Waals surface area contributed by atoms with Gasteiger partial charge in [0.1, 0.15) is 23.9 Å². The number of ether oxygens (including phenoxy) is 1. The van der Waals surface area contributed by atoms with E-state index in [1.807, 2.05) is 0 Å². The molecule has 2 saturated heterocycles. The minimum absolute atomic E-state index is 0.00787. The summed E-state index contributed by atoms with van der Waals surface area (Å²) < 4.78 is 4.84. The summed E-state index contributed by atoms with van der Waals surface area (Å²) >= 11 is 0. The lowest BCUT2D eigenvalue weighted by atomic mass is 9.71. The van der Waals surface area contributed by atoms with Crippen LogP contribution in [0.2, 0.25) is 0 Å². The minimum Gasteiger partial charge on any atom is -0.387 e. The summed E-state index contributed by atoms with van der Waals surface area (Å²) in [5.41, 5.74) is -1.79. The van der Waals surface area contributed by atoms with Gasteiger partial charge in [-0.25, -0.2) is 0 Å². The summed E-state index contributed by atoms with van der Waals surface area (Å²) in [6.45, 7) is 0. The standard InChI is InChI=1S/C8H12O6/c9-3-4-7(12)1-2-8(13,14-4)6(11)5(7)10/h3-6,10-13H,1-2H2. The smallest absolute Gasteiger partial charge is 0.195 e. The molecule has 14 heavy (non-hydrogen) atoms. The first-order valence-corrected chi connectivity index (χ1v) is 4.38. The molecule has 3 aliphatic rings. The Morgan fingerprint density at radius 3 is 2.43 bits per heavy atom. The molecule has 0 radical (unpaired) electrons. The van der Waals surface area contributed by atoms with Crippen molar-refractivity contribution in [2.45, 2.75) is 42.5 Å². The van der Waals surface area contributed by atoms with Crippen molar-refractivity contribution in [1.29, 1.82) is 0 Å². The first-order chi connectivity index (χ1) is 6.44. The second-order valence-electron chi connectivity index (χ2n) is 3.90. The fraction of sp³-hybridized carbons (Fsp3) is 0.875. The van der Waals surface area contributed by atoms with Gasteiger partial charge in [-0.05, 0) is 6.42 Å². The maximum absolute atomic E-state index is 10.6.